The smallest absolute Gasteiger partial charge is 0.307 e. The fourth-order valence-corrected chi connectivity index (χ4v) is 2.94. The second kappa shape index (κ2) is 11.3. The van der Waals surface area contributed by atoms with Crippen LogP contribution in [0.15, 0.2) is 42.5 Å². The van der Waals surface area contributed by atoms with Crippen molar-refractivity contribution in [1.82, 2.24) is 5.32 Å². The molecular formula is C23H25ClN2O5. The summed E-state index contributed by atoms with van der Waals surface area (Å²) >= 11 is 5.78. The number of ether oxygens (including phenoxy) is 1. The van der Waals surface area contributed by atoms with Gasteiger partial charge >= 0.3 is 5.97 Å². The first-order valence-electron chi connectivity index (χ1n) is 9.79. The first kappa shape index (κ1) is 24.1. The van der Waals surface area contributed by atoms with Gasteiger partial charge in [0.1, 0.15) is 0 Å². The van der Waals surface area contributed by atoms with Gasteiger partial charge < -0.3 is 15.4 Å². The van der Waals surface area contributed by atoms with E-state index in [-0.39, 0.29) is 25.2 Å². The molecule has 0 bridgehead atoms. The van der Waals surface area contributed by atoms with Crippen molar-refractivity contribution in [2.75, 3.05) is 11.9 Å². The van der Waals surface area contributed by atoms with Gasteiger partial charge in [-0.15, -0.1) is 0 Å². The highest BCUT2D eigenvalue weighted by atomic mass is 35.5. The highest BCUT2D eigenvalue weighted by Crippen LogP contribution is 2.19. The molecule has 2 rings (SSSR count). The topological polar surface area (TPSA) is 102 Å². The molecule has 0 radical (unpaired) electrons. The molecule has 164 valence electrons. The van der Waals surface area contributed by atoms with E-state index in [4.69, 9.17) is 16.3 Å². The molecule has 0 saturated heterocycles. The number of halogens is 1. The first-order chi connectivity index (χ1) is 14.7. The molecule has 2 aromatic carbocycles. The van der Waals surface area contributed by atoms with E-state index in [0.717, 1.165) is 11.1 Å². The molecule has 0 aliphatic carbocycles. The Morgan fingerprint density at radius 1 is 0.968 bits per heavy atom. The Bertz CT molecular complexity index is 952. The van der Waals surface area contributed by atoms with E-state index in [2.05, 4.69) is 10.6 Å². The lowest BCUT2D eigenvalue weighted by Crippen LogP contribution is -2.40. The summed E-state index contributed by atoms with van der Waals surface area (Å²) < 4.78 is 5.05. The van der Waals surface area contributed by atoms with Crippen LogP contribution in [0.5, 0.6) is 0 Å². The first-order valence-corrected chi connectivity index (χ1v) is 10.2. The second-order valence-corrected chi connectivity index (χ2v) is 7.53. The molecule has 2 N–H and O–H groups in total. The van der Waals surface area contributed by atoms with Crippen LogP contribution in [0.2, 0.25) is 5.02 Å². The minimum Gasteiger partial charge on any atom is -0.453 e. The van der Waals surface area contributed by atoms with Gasteiger partial charge in [-0.25, -0.2) is 0 Å². The number of amides is 2. The number of rotatable bonds is 9. The zero-order valence-corrected chi connectivity index (χ0v) is 18.4. The number of ketones is 1. The molecule has 7 nitrogen and oxygen atoms in total. The Balaban J connectivity index is 1.74. The van der Waals surface area contributed by atoms with E-state index in [0.29, 0.717) is 16.3 Å². The highest BCUT2D eigenvalue weighted by Gasteiger charge is 2.19. The summed E-state index contributed by atoms with van der Waals surface area (Å²) in [6.07, 6.45) is -1.30. The normalized spacial score (nSPS) is 11.4. The summed E-state index contributed by atoms with van der Waals surface area (Å²) in [7, 11) is 0. The third kappa shape index (κ3) is 7.53. The van der Waals surface area contributed by atoms with Crippen LogP contribution in [0.25, 0.3) is 0 Å². The number of esters is 1. The molecular weight excluding hydrogens is 420 g/mol. The summed E-state index contributed by atoms with van der Waals surface area (Å²) in [4.78, 5) is 48.3. The van der Waals surface area contributed by atoms with Gasteiger partial charge in [0.2, 0.25) is 5.91 Å². The minimum atomic E-state index is -1.09. The van der Waals surface area contributed by atoms with Crippen LogP contribution in [0, 0.1) is 13.8 Å². The average molecular weight is 445 g/mol. The van der Waals surface area contributed by atoms with Crippen molar-refractivity contribution in [1.29, 1.82) is 0 Å². The van der Waals surface area contributed by atoms with E-state index in [1.165, 1.54) is 6.92 Å². The summed E-state index contributed by atoms with van der Waals surface area (Å²) in [5.74, 6) is -1.90. The van der Waals surface area contributed by atoms with Gasteiger partial charge in [0, 0.05) is 22.7 Å². The van der Waals surface area contributed by atoms with Gasteiger partial charge in [-0.05, 0) is 56.2 Å². The number of carbonyl (C=O) groups excluding carboxylic acids is 4. The number of Topliss-reactive ketones (excluding diaryl/α,β-unsaturated/α-hetero) is 1. The molecule has 0 heterocycles. The number of hydrogen-bond acceptors (Lipinski definition) is 5. The van der Waals surface area contributed by atoms with Gasteiger partial charge in [-0.3, -0.25) is 19.2 Å². The molecule has 0 aromatic heterocycles. The zero-order valence-electron chi connectivity index (χ0n) is 17.7. The third-order valence-corrected chi connectivity index (χ3v) is 4.82. The van der Waals surface area contributed by atoms with Crippen molar-refractivity contribution in [3.05, 3.63) is 64.2 Å². The molecule has 31 heavy (non-hydrogen) atoms. The van der Waals surface area contributed by atoms with Crippen LogP contribution in [0.1, 0.15) is 41.3 Å². The second-order valence-electron chi connectivity index (χ2n) is 7.09. The predicted octanol–water partition coefficient (Wildman–Crippen LogP) is 3.61. The van der Waals surface area contributed by atoms with Crippen molar-refractivity contribution in [3.8, 4) is 0 Å². The number of para-hydroxylation sites is 1. The summed E-state index contributed by atoms with van der Waals surface area (Å²) in [5, 5.41) is 5.71. The largest absolute Gasteiger partial charge is 0.453 e. The molecule has 0 aliphatic heterocycles. The van der Waals surface area contributed by atoms with Gasteiger partial charge in [0.05, 0.1) is 13.0 Å². The Morgan fingerprint density at radius 3 is 2.19 bits per heavy atom. The van der Waals surface area contributed by atoms with Crippen LogP contribution >= 0.6 is 11.6 Å². The molecule has 0 spiro atoms. The van der Waals surface area contributed by atoms with Crippen LogP contribution in [0.3, 0.4) is 0 Å². The fourth-order valence-electron chi connectivity index (χ4n) is 2.81. The van der Waals surface area contributed by atoms with Crippen molar-refractivity contribution in [2.45, 2.75) is 39.7 Å². The number of aryl methyl sites for hydroxylation is 2. The van der Waals surface area contributed by atoms with Gasteiger partial charge in [0.25, 0.3) is 5.91 Å². The van der Waals surface area contributed by atoms with Gasteiger partial charge in [-0.2, -0.15) is 0 Å². The molecule has 2 aromatic rings. The fraction of sp³-hybridized carbons (Fsp3) is 0.304. The molecule has 1 unspecified atom stereocenters. The van der Waals surface area contributed by atoms with Crippen molar-refractivity contribution >= 4 is 40.9 Å². The van der Waals surface area contributed by atoms with Crippen molar-refractivity contribution < 1.29 is 23.9 Å². The predicted molar refractivity (Wildman–Crippen MR) is 118 cm³/mol. The molecule has 0 saturated carbocycles. The van der Waals surface area contributed by atoms with Gasteiger partial charge in [-0.1, -0.05) is 29.8 Å². The summed E-state index contributed by atoms with van der Waals surface area (Å²) in [6, 6.07) is 12.0. The maximum Gasteiger partial charge on any atom is 0.307 e. The van der Waals surface area contributed by atoms with E-state index in [9.17, 15) is 19.2 Å². The summed E-state index contributed by atoms with van der Waals surface area (Å²) in [5.41, 5.74) is 2.97. The Hall–Kier alpha value is -3.19. The van der Waals surface area contributed by atoms with Gasteiger partial charge in [0.15, 0.2) is 11.9 Å². The standard InChI is InChI=1S/C23H25ClN2O5/c1-14-5-4-6-15(2)22(14)26-20(28)13-25-23(30)16(3)31-21(29)12-11-19(27)17-7-9-18(24)10-8-17/h4-10,16H,11-13H2,1-3H3,(H,25,30)(H,26,28). The highest BCUT2D eigenvalue weighted by molar-refractivity contribution is 6.30. The number of nitrogens with one attached hydrogen (secondary N) is 2. The number of hydrogen-bond donors (Lipinski definition) is 2. The van der Waals surface area contributed by atoms with Crippen LogP contribution < -0.4 is 10.6 Å². The monoisotopic (exact) mass is 444 g/mol. The minimum absolute atomic E-state index is 0.0486. The van der Waals surface area contributed by atoms with Crippen LogP contribution in [-0.4, -0.2) is 36.2 Å². The van der Waals surface area contributed by atoms with Crippen molar-refractivity contribution in [3.63, 3.8) is 0 Å². The van der Waals surface area contributed by atoms with Crippen molar-refractivity contribution in [2.24, 2.45) is 0 Å². The third-order valence-electron chi connectivity index (χ3n) is 4.57. The van der Waals surface area contributed by atoms with Crippen LogP contribution in [0.4, 0.5) is 5.69 Å². The lowest BCUT2D eigenvalue weighted by molar-refractivity contribution is -0.154. The molecule has 1 atom stereocenters. The zero-order chi connectivity index (χ0) is 23.0. The van der Waals surface area contributed by atoms with E-state index in [1.54, 1.807) is 24.3 Å². The molecule has 2 amide bonds. The number of benzene rings is 2. The maximum absolute atomic E-state index is 12.1. The Morgan fingerprint density at radius 2 is 1.58 bits per heavy atom. The number of anilines is 1. The maximum atomic E-state index is 12.1. The van der Waals surface area contributed by atoms with E-state index in [1.807, 2.05) is 32.0 Å². The molecule has 8 heteroatoms. The quantitative estimate of drug-likeness (QED) is 0.454. The SMILES string of the molecule is Cc1cccc(C)c1NC(=O)CNC(=O)C(C)OC(=O)CCC(=O)c1ccc(Cl)cc1. The Labute approximate surface area is 186 Å². The molecule has 0 fully saturated rings. The lowest BCUT2D eigenvalue weighted by Gasteiger charge is -2.14. The average Bonchev–Trinajstić information content (AvgIpc) is 2.73. The van der Waals surface area contributed by atoms with Crippen LogP contribution in [-0.2, 0) is 19.1 Å². The lowest BCUT2D eigenvalue weighted by atomic mass is 10.1. The van der Waals surface area contributed by atoms with E-state index < -0.39 is 23.9 Å². The Kier molecular flexibility index (Phi) is 8.75. The summed E-state index contributed by atoms with van der Waals surface area (Å²) in [6.45, 7) is 4.89. The van der Waals surface area contributed by atoms with E-state index >= 15 is 0 Å². The number of carbonyl (C=O) groups is 4. The molecule has 0 aliphatic rings.